The lowest BCUT2D eigenvalue weighted by Crippen LogP contribution is -2.46. The first-order chi connectivity index (χ1) is 12.0. The molecule has 1 aliphatic heterocycles. The van der Waals surface area contributed by atoms with Gasteiger partial charge in [0.1, 0.15) is 0 Å². The number of aryl methyl sites for hydroxylation is 1. The molecular formula is C20H28N4O. The molecule has 0 radical (unpaired) electrons. The summed E-state index contributed by atoms with van der Waals surface area (Å²) >= 11 is 0. The summed E-state index contributed by atoms with van der Waals surface area (Å²) in [7, 11) is 2.17. The molecule has 1 aromatic heterocycles. The second kappa shape index (κ2) is 7.93. The average Bonchev–Trinajstić information content (AvgIpc) is 2.61. The van der Waals surface area contributed by atoms with Gasteiger partial charge < -0.3 is 15.1 Å². The van der Waals surface area contributed by atoms with Crippen LogP contribution in [0.1, 0.15) is 23.0 Å². The van der Waals surface area contributed by atoms with Gasteiger partial charge >= 0.3 is 0 Å². The van der Waals surface area contributed by atoms with Crippen molar-refractivity contribution in [2.75, 3.05) is 46.3 Å². The first kappa shape index (κ1) is 17.8. The summed E-state index contributed by atoms with van der Waals surface area (Å²) in [5, 5.41) is 4.03. The molecule has 2 aromatic rings. The van der Waals surface area contributed by atoms with E-state index in [9.17, 15) is 4.79 Å². The van der Waals surface area contributed by atoms with Crippen molar-refractivity contribution >= 4 is 16.8 Å². The van der Waals surface area contributed by atoms with Crippen LogP contribution in [0.2, 0.25) is 0 Å². The van der Waals surface area contributed by atoms with Gasteiger partial charge in [0.15, 0.2) is 0 Å². The fraction of sp³-hybridized carbons (Fsp3) is 0.500. The highest BCUT2D eigenvalue weighted by atomic mass is 16.1. The third-order valence-electron chi connectivity index (χ3n) is 4.87. The van der Waals surface area contributed by atoms with Gasteiger partial charge in [-0.05, 0) is 32.0 Å². The monoisotopic (exact) mass is 340 g/mol. The van der Waals surface area contributed by atoms with Crippen LogP contribution in [0.3, 0.4) is 0 Å². The minimum atomic E-state index is -0.00747. The first-order valence-electron chi connectivity index (χ1n) is 9.08. The van der Waals surface area contributed by atoms with Crippen LogP contribution in [0.15, 0.2) is 30.3 Å². The lowest BCUT2D eigenvalue weighted by atomic mass is 10.1. The summed E-state index contributed by atoms with van der Waals surface area (Å²) in [6.07, 6.45) is 0. The summed E-state index contributed by atoms with van der Waals surface area (Å²) in [5.41, 5.74) is 2.46. The van der Waals surface area contributed by atoms with E-state index >= 15 is 0 Å². The maximum Gasteiger partial charge on any atom is 0.252 e. The second-order valence-corrected chi connectivity index (χ2v) is 7.25. The van der Waals surface area contributed by atoms with Gasteiger partial charge in [0.05, 0.1) is 11.1 Å². The number of nitrogens with zero attached hydrogens (tertiary/aromatic N) is 3. The van der Waals surface area contributed by atoms with E-state index in [0.717, 1.165) is 54.9 Å². The number of benzene rings is 1. The number of rotatable bonds is 5. The third-order valence-corrected chi connectivity index (χ3v) is 4.87. The van der Waals surface area contributed by atoms with Gasteiger partial charge in [-0.25, -0.2) is 0 Å². The number of pyridine rings is 1. The van der Waals surface area contributed by atoms with Crippen molar-refractivity contribution in [1.29, 1.82) is 0 Å². The number of fused-ring (bicyclic) bond motifs is 1. The molecular weight excluding hydrogens is 312 g/mol. The van der Waals surface area contributed by atoms with E-state index in [2.05, 4.69) is 34.1 Å². The Morgan fingerprint density at radius 2 is 1.96 bits per heavy atom. The van der Waals surface area contributed by atoms with Gasteiger partial charge in [0.25, 0.3) is 5.91 Å². The smallest absolute Gasteiger partial charge is 0.252 e. The molecule has 1 atom stereocenters. The molecule has 0 aliphatic carbocycles. The van der Waals surface area contributed by atoms with E-state index in [1.807, 2.05) is 37.3 Å². The lowest BCUT2D eigenvalue weighted by Gasteiger charge is -2.33. The number of para-hydroxylation sites is 1. The molecule has 0 bridgehead atoms. The van der Waals surface area contributed by atoms with Crippen LogP contribution in [-0.2, 0) is 0 Å². The van der Waals surface area contributed by atoms with E-state index in [4.69, 9.17) is 0 Å². The van der Waals surface area contributed by atoms with Crippen LogP contribution >= 0.6 is 0 Å². The highest BCUT2D eigenvalue weighted by Crippen LogP contribution is 2.18. The number of likely N-dealkylation sites (N-methyl/N-ethyl adjacent to an activating group) is 1. The van der Waals surface area contributed by atoms with Crippen LogP contribution in [-0.4, -0.2) is 67.0 Å². The number of piperazine rings is 1. The fourth-order valence-electron chi connectivity index (χ4n) is 3.39. The largest absolute Gasteiger partial charge is 0.352 e. The summed E-state index contributed by atoms with van der Waals surface area (Å²) < 4.78 is 0. The summed E-state index contributed by atoms with van der Waals surface area (Å²) in [6.45, 7) is 10.3. The molecule has 2 heterocycles. The number of hydrogen-bond donors (Lipinski definition) is 1. The van der Waals surface area contributed by atoms with Gasteiger partial charge in [-0.15, -0.1) is 0 Å². The molecule has 0 spiro atoms. The fourth-order valence-corrected chi connectivity index (χ4v) is 3.39. The standard InChI is InChI=1S/C20H28N4O/c1-15(14-24-10-8-23(3)9-11-24)13-21-20(25)18-12-16(2)22-19-7-5-4-6-17(18)19/h4-7,12,15H,8-11,13-14H2,1-3H3,(H,21,25)/t15-/m0/s1. The van der Waals surface area contributed by atoms with E-state index in [1.54, 1.807) is 0 Å². The number of amides is 1. The lowest BCUT2D eigenvalue weighted by molar-refractivity contribution is 0.0939. The van der Waals surface area contributed by atoms with E-state index in [0.29, 0.717) is 12.5 Å². The number of hydrogen-bond acceptors (Lipinski definition) is 4. The van der Waals surface area contributed by atoms with Gasteiger partial charge in [-0.1, -0.05) is 25.1 Å². The molecule has 1 aliphatic rings. The Hall–Kier alpha value is -1.98. The minimum absolute atomic E-state index is 0.00747. The SMILES string of the molecule is Cc1cc(C(=O)NC[C@H](C)CN2CCN(C)CC2)c2ccccc2n1. The minimum Gasteiger partial charge on any atom is -0.352 e. The Labute approximate surface area is 150 Å². The zero-order chi connectivity index (χ0) is 17.8. The highest BCUT2D eigenvalue weighted by molar-refractivity contribution is 6.06. The van der Waals surface area contributed by atoms with Crippen LogP contribution in [0, 0.1) is 12.8 Å². The number of carbonyl (C=O) groups is 1. The van der Waals surface area contributed by atoms with Crippen molar-refractivity contribution < 1.29 is 4.79 Å². The Balaban J connectivity index is 1.59. The molecule has 1 fully saturated rings. The van der Waals surface area contributed by atoms with E-state index in [-0.39, 0.29) is 5.91 Å². The maximum absolute atomic E-state index is 12.7. The number of nitrogens with one attached hydrogen (secondary N) is 1. The molecule has 1 N–H and O–H groups in total. The van der Waals surface area contributed by atoms with Crippen LogP contribution < -0.4 is 5.32 Å². The topological polar surface area (TPSA) is 48.5 Å². The molecule has 1 aromatic carbocycles. The summed E-state index contributed by atoms with van der Waals surface area (Å²) in [4.78, 5) is 22.0. The highest BCUT2D eigenvalue weighted by Gasteiger charge is 2.17. The number of aromatic nitrogens is 1. The average molecular weight is 340 g/mol. The van der Waals surface area contributed by atoms with Crippen LogP contribution in [0.25, 0.3) is 10.9 Å². The molecule has 5 nitrogen and oxygen atoms in total. The quantitative estimate of drug-likeness (QED) is 0.906. The molecule has 5 heteroatoms. The molecule has 1 saturated heterocycles. The van der Waals surface area contributed by atoms with Crippen LogP contribution in [0.5, 0.6) is 0 Å². The third kappa shape index (κ3) is 4.55. The molecule has 0 unspecified atom stereocenters. The molecule has 134 valence electrons. The van der Waals surface area contributed by atoms with Crippen molar-refractivity contribution in [2.24, 2.45) is 5.92 Å². The first-order valence-corrected chi connectivity index (χ1v) is 9.08. The predicted molar refractivity (Wildman–Crippen MR) is 102 cm³/mol. The normalized spacial score (nSPS) is 17.6. The summed E-state index contributed by atoms with van der Waals surface area (Å²) in [6, 6.07) is 9.70. The zero-order valence-electron chi connectivity index (χ0n) is 15.5. The zero-order valence-corrected chi connectivity index (χ0v) is 15.5. The van der Waals surface area contributed by atoms with Gasteiger partial charge in [-0.3, -0.25) is 9.78 Å². The predicted octanol–water partition coefficient (Wildman–Crippen LogP) is 2.16. The second-order valence-electron chi connectivity index (χ2n) is 7.25. The van der Waals surface area contributed by atoms with Crippen LogP contribution in [0.4, 0.5) is 0 Å². The molecule has 1 amide bonds. The van der Waals surface area contributed by atoms with Crippen molar-refractivity contribution in [1.82, 2.24) is 20.1 Å². The van der Waals surface area contributed by atoms with Gasteiger partial charge in [0, 0.05) is 50.3 Å². The van der Waals surface area contributed by atoms with E-state index in [1.165, 1.54) is 0 Å². The molecule has 0 saturated carbocycles. The van der Waals surface area contributed by atoms with Crippen molar-refractivity contribution in [3.05, 3.63) is 41.6 Å². The van der Waals surface area contributed by atoms with E-state index < -0.39 is 0 Å². The molecule has 25 heavy (non-hydrogen) atoms. The Morgan fingerprint density at radius 1 is 1.24 bits per heavy atom. The number of carbonyl (C=O) groups excluding carboxylic acids is 1. The Bertz CT molecular complexity index is 738. The Morgan fingerprint density at radius 3 is 2.72 bits per heavy atom. The van der Waals surface area contributed by atoms with Gasteiger partial charge in [-0.2, -0.15) is 0 Å². The Kier molecular flexibility index (Phi) is 5.66. The molecule has 3 rings (SSSR count). The van der Waals surface area contributed by atoms with Crippen molar-refractivity contribution in [2.45, 2.75) is 13.8 Å². The van der Waals surface area contributed by atoms with Gasteiger partial charge in [0.2, 0.25) is 0 Å². The van der Waals surface area contributed by atoms with Crippen molar-refractivity contribution in [3.63, 3.8) is 0 Å². The maximum atomic E-state index is 12.7. The summed E-state index contributed by atoms with van der Waals surface area (Å²) in [5.74, 6) is 0.425. The van der Waals surface area contributed by atoms with Crippen molar-refractivity contribution in [3.8, 4) is 0 Å².